The van der Waals surface area contributed by atoms with Crippen molar-refractivity contribution in [3.8, 4) is 10.7 Å². The van der Waals surface area contributed by atoms with Crippen LogP contribution in [0.4, 0.5) is 0 Å². The Balaban J connectivity index is 2.25. The summed E-state index contributed by atoms with van der Waals surface area (Å²) in [5, 5.41) is 4.03. The summed E-state index contributed by atoms with van der Waals surface area (Å²) in [6, 6.07) is 6.12. The molecule has 0 saturated heterocycles. The number of fused-ring (bicyclic) bond motifs is 1. The number of aromatic nitrogens is 4. The maximum Gasteiger partial charge on any atom is 0.154 e. The standard InChI is InChI=1S/C12H13N5S/c1-7-11(18-16-15-7)12-14-9-5-8(6-13)3-4-10(9)17(12)2/h3-5H,6,13H2,1-2H3. The zero-order chi connectivity index (χ0) is 12.7. The molecule has 3 aromatic rings. The van der Waals surface area contributed by atoms with Gasteiger partial charge in [-0.1, -0.05) is 10.6 Å². The molecule has 2 heterocycles. The largest absolute Gasteiger partial charge is 0.326 e. The summed E-state index contributed by atoms with van der Waals surface area (Å²) in [5.74, 6) is 0.909. The highest BCUT2D eigenvalue weighted by Crippen LogP contribution is 2.28. The van der Waals surface area contributed by atoms with Crippen molar-refractivity contribution in [2.24, 2.45) is 12.8 Å². The van der Waals surface area contributed by atoms with Gasteiger partial charge >= 0.3 is 0 Å². The third kappa shape index (κ3) is 1.61. The average molecular weight is 259 g/mol. The Hall–Kier alpha value is -1.79. The molecular formula is C12H13N5S. The number of hydrogen-bond donors (Lipinski definition) is 1. The lowest BCUT2D eigenvalue weighted by Crippen LogP contribution is -1.95. The van der Waals surface area contributed by atoms with Gasteiger partial charge in [0.15, 0.2) is 5.82 Å². The lowest BCUT2D eigenvalue weighted by atomic mass is 10.2. The molecule has 0 aliphatic heterocycles. The molecule has 18 heavy (non-hydrogen) atoms. The molecule has 2 N–H and O–H groups in total. The Bertz CT molecular complexity index is 712. The normalized spacial score (nSPS) is 11.3. The van der Waals surface area contributed by atoms with Crippen LogP contribution in [0.5, 0.6) is 0 Å². The van der Waals surface area contributed by atoms with Crippen LogP contribution in [0.1, 0.15) is 11.3 Å². The average Bonchev–Trinajstić information content (AvgIpc) is 2.93. The fraction of sp³-hybridized carbons (Fsp3) is 0.250. The van der Waals surface area contributed by atoms with Crippen LogP contribution >= 0.6 is 11.5 Å². The van der Waals surface area contributed by atoms with E-state index in [1.165, 1.54) is 11.5 Å². The van der Waals surface area contributed by atoms with Crippen molar-refractivity contribution in [1.29, 1.82) is 0 Å². The van der Waals surface area contributed by atoms with E-state index in [4.69, 9.17) is 5.73 Å². The van der Waals surface area contributed by atoms with E-state index in [0.717, 1.165) is 33.0 Å². The van der Waals surface area contributed by atoms with E-state index < -0.39 is 0 Å². The van der Waals surface area contributed by atoms with Gasteiger partial charge in [-0.05, 0) is 36.2 Å². The Labute approximate surface area is 108 Å². The monoisotopic (exact) mass is 259 g/mol. The quantitative estimate of drug-likeness (QED) is 0.762. The van der Waals surface area contributed by atoms with Gasteiger partial charge in [0.05, 0.1) is 16.7 Å². The van der Waals surface area contributed by atoms with Crippen LogP contribution in [0, 0.1) is 6.92 Å². The first kappa shape index (κ1) is 11.3. The molecule has 2 aromatic heterocycles. The van der Waals surface area contributed by atoms with Gasteiger partial charge in [-0.25, -0.2) is 4.98 Å². The van der Waals surface area contributed by atoms with Gasteiger partial charge < -0.3 is 10.3 Å². The predicted molar refractivity (Wildman–Crippen MR) is 72.2 cm³/mol. The molecule has 6 heteroatoms. The number of aryl methyl sites for hydroxylation is 2. The zero-order valence-electron chi connectivity index (χ0n) is 10.2. The molecule has 0 spiro atoms. The lowest BCUT2D eigenvalue weighted by molar-refractivity contribution is 0.958. The number of rotatable bonds is 2. The SMILES string of the molecule is Cc1nnsc1-c1nc2cc(CN)ccc2n1C. The van der Waals surface area contributed by atoms with Gasteiger partial charge in [0.2, 0.25) is 0 Å². The van der Waals surface area contributed by atoms with E-state index in [1.807, 2.05) is 26.1 Å². The van der Waals surface area contributed by atoms with Gasteiger partial charge in [-0.3, -0.25) is 0 Å². The molecule has 92 valence electrons. The van der Waals surface area contributed by atoms with E-state index >= 15 is 0 Å². The fourth-order valence-electron chi connectivity index (χ4n) is 2.01. The molecule has 3 rings (SSSR count). The highest BCUT2D eigenvalue weighted by molar-refractivity contribution is 7.09. The third-order valence-electron chi connectivity index (χ3n) is 3.04. The summed E-state index contributed by atoms with van der Waals surface area (Å²) in [7, 11) is 2.01. The Morgan fingerprint density at radius 2 is 2.22 bits per heavy atom. The highest BCUT2D eigenvalue weighted by Gasteiger charge is 2.14. The summed E-state index contributed by atoms with van der Waals surface area (Å²) < 4.78 is 6.03. The molecule has 0 fully saturated rings. The molecule has 0 amide bonds. The van der Waals surface area contributed by atoms with Gasteiger partial charge in [0.1, 0.15) is 4.88 Å². The first-order chi connectivity index (χ1) is 8.70. The van der Waals surface area contributed by atoms with E-state index in [9.17, 15) is 0 Å². The Morgan fingerprint density at radius 1 is 1.39 bits per heavy atom. The minimum absolute atomic E-state index is 0.531. The molecule has 5 nitrogen and oxygen atoms in total. The molecule has 0 aliphatic rings. The van der Waals surface area contributed by atoms with Crippen molar-refractivity contribution in [2.45, 2.75) is 13.5 Å². The Morgan fingerprint density at radius 3 is 2.89 bits per heavy atom. The summed E-state index contributed by atoms with van der Waals surface area (Å²) in [6.07, 6.45) is 0. The van der Waals surface area contributed by atoms with Crippen LogP contribution in [0.15, 0.2) is 18.2 Å². The summed E-state index contributed by atoms with van der Waals surface area (Å²) in [6.45, 7) is 2.48. The van der Waals surface area contributed by atoms with Crippen LogP contribution in [0.3, 0.4) is 0 Å². The minimum Gasteiger partial charge on any atom is -0.326 e. The van der Waals surface area contributed by atoms with Gasteiger partial charge in [-0.2, -0.15) is 0 Å². The van der Waals surface area contributed by atoms with Crippen molar-refractivity contribution < 1.29 is 0 Å². The molecule has 0 saturated carbocycles. The van der Waals surface area contributed by atoms with Crippen LogP contribution in [0.2, 0.25) is 0 Å². The van der Waals surface area contributed by atoms with Gasteiger partial charge in [-0.15, -0.1) is 5.10 Å². The second-order valence-corrected chi connectivity index (χ2v) is 4.96. The highest BCUT2D eigenvalue weighted by atomic mass is 32.1. The predicted octanol–water partition coefficient (Wildman–Crippen LogP) is 1.86. The topological polar surface area (TPSA) is 69.6 Å². The van der Waals surface area contributed by atoms with Crippen molar-refractivity contribution in [2.75, 3.05) is 0 Å². The summed E-state index contributed by atoms with van der Waals surface area (Å²) in [4.78, 5) is 5.68. The van der Waals surface area contributed by atoms with E-state index in [1.54, 1.807) is 0 Å². The van der Waals surface area contributed by atoms with E-state index in [-0.39, 0.29) is 0 Å². The number of nitrogens with two attached hydrogens (primary N) is 1. The third-order valence-corrected chi connectivity index (χ3v) is 3.86. The molecule has 0 unspecified atom stereocenters. The molecule has 0 bridgehead atoms. The van der Waals surface area contributed by atoms with Crippen LogP contribution in [-0.2, 0) is 13.6 Å². The number of imidazole rings is 1. The van der Waals surface area contributed by atoms with Crippen molar-refractivity contribution in [3.63, 3.8) is 0 Å². The first-order valence-electron chi connectivity index (χ1n) is 5.65. The van der Waals surface area contributed by atoms with Crippen molar-refractivity contribution >= 4 is 22.6 Å². The van der Waals surface area contributed by atoms with E-state index in [2.05, 4.69) is 25.2 Å². The Kier molecular flexibility index (Phi) is 2.61. The minimum atomic E-state index is 0.531. The lowest BCUT2D eigenvalue weighted by Gasteiger charge is -2.00. The van der Waals surface area contributed by atoms with Crippen molar-refractivity contribution in [1.82, 2.24) is 19.1 Å². The van der Waals surface area contributed by atoms with E-state index in [0.29, 0.717) is 6.54 Å². The first-order valence-corrected chi connectivity index (χ1v) is 6.43. The number of benzene rings is 1. The fourth-order valence-corrected chi connectivity index (χ4v) is 2.69. The molecular weight excluding hydrogens is 246 g/mol. The molecule has 0 atom stereocenters. The second kappa shape index (κ2) is 4.15. The van der Waals surface area contributed by atoms with Crippen LogP contribution < -0.4 is 5.73 Å². The zero-order valence-corrected chi connectivity index (χ0v) is 11.0. The maximum absolute atomic E-state index is 5.65. The molecule has 0 radical (unpaired) electrons. The number of hydrogen-bond acceptors (Lipinski definition) is 5. The van der Waals surface area contributed by atoms with Crippen LogP contribution in [-0.4, -0.2) is 19.1 Å². The summed E-state index contributed by atoms with van der Waals surface area (Å²) in [5.41, 5.74) is 9.71. The molecule has 1 aromatic carbocycles. The smallest absolute Gasteiger partial charge is 0.154 e. The van der Waals surface area contributed by atoms with Gasteiger partial charge in [0.25, 0.3) is 0 Å². The number of nitrogens with zero attached hydrogens (tertiary/aromatic N) is 4. The second-order valence-electron chi connectivity index (χ2n) is 4.21. The maximum atomic E-state index is 5.65. The summed E-state index contributed by atoms with van der Waals surface area (Å²) >= 11 is 1.37. The van der Waals surface area contributed by atoms with Crippen LogP contribution in [0.25, 0.3) is 21.7 Å². The van der Waals surface area contributed by atoms with Crippen molar-refractivity contribution in [3.05, 3.63) is 29.5 Å². The van der Waals surface area contributed by atoms with Gasteiger partial charge in [0, 0.05) is 13.6 Å². The molecule has 0 aliphatic carbocycles.